The quantitative estimate of drug-likeness (QED) is 0.496. The first-order valence-electron chi connectivity index (χ1n) is 5.47. The van der Waals surface area contributed by atoms with Crippen molar-refractivity contribution in [3.8, 4) is 0 Å². The summed E-state index contributed by atoms with van der Waals surface area (Å²) in [5.74, 6) is -0.244. The van der Waals surface area contributed by atoms with Crippen LogP contribution >= 0.6 is 0 Å². The fourth-order valence-electron chi connectivity index (χ4n) is 1.49. The lowest BCUT2D eigenvalue weighted by atomic mass is 10.2. The predicted molar refractivity (Wildman–Crippen MR) is 60.5 cm³/mol. The first-order valence-corrected chi connectivity index (χ1v) is 5.47. The zero-order valence-electron chi connectivity index (χ0n) is 10.1. The highest BCUT2D eigenvalue weighted by Gasteiger charge is 2.23. The maximum Gasteiger partial charge on any atom is 0.239 e. The summed E-state index contributed by atoms with van der Waals surface area (Å²) < 4.78 is 10.1. The number of methoxy groups -OCH3 is 2. The predicted octanol–water partition coefficient (Wildman–Crippen LogP) is -2.15. The lowest BCUT2D eigenvalue weighted by Crippen LogP contribution is -2.58. The summed E-state index contributed by atoms with van der Waals surface area (Å²) in [5.41, 5.74) is 0. The molecule has 0 aromatic heterocycles. The summed E-state index contributed by atoms with van der Waals surface area (Å²) in [7, 11) is 3.14. The van der Waals surface area contributed by atoms with Gasteiger partial charge < -0.3 is 20.1 Å². The number of carbonyl (C=O) groups excluding carboxylic acids is 2. The number of hydrogen-bond acceptors (Lipinski definition) is 5. The maximum absolute atomic E-state index is 11.7. The zero-order chi connectivity index (χ0) is 12.7. The molecular weight excluding hydrogens is 226 g/mol. The Morgan fingerprint density at radius 1 is 1.59 bits per heavy atom. The number of amides is 2. The standard InChI is InChI=1S/C10H19N3O4/c1-16-6-7(17-2)3-13-10(15)8-4-12-9(14)5-11-8/h7-8,11H,3-6H2,1-2H3,(H,12,14)(H,13,15). The van der Waals surface area contributed by atoms with Gasteiger partial charge in [-0.15, -0.1) is 0 Å². The van der Waals surface area contributed by atoms with Crippen molar-refractivity contribution in [1.29, 1.82) is 0 Å². The van der Waals surface area contributed by atoms with Crippen LogP contribution in [0.25, 0.3) is 0 Å². The van der Waals surface area contributed by atoms with Gasteiger partial charge in [0.2, 0.25) is 11.8 Å². The van der Waals surface area contributed by atoms with Crippen LogP contribution in [0.1, 0.15) is 0 Å². The minimum atomic E-state index is -0.382. The monoisotopic (exact) mass is 245 g/mol. The fourth-order valence-corrected chi connectivity index (χ4v) is 1.49. The molecule has 0 aromatic rings. The SMILES string of the molecule is COCC(CNC(=O)C1CNC(=O)CN1)OC. The molecular formula is C10H19N3O4. The summed E-state index contributed by atoms with van der Waals surface area (Å²) in [5, 5.41) is 8.21. The van der Waals surface area contributed by atoms with E-state index >= 15 is 0 Å². The third-order valence-corrected chi connectivity index (χ3v) is 2.52. The molecule has 2 atom stereocenters. The van der Waals surface area contributed by atoms with E-state index in [0.29, 0.717) is 19.7 Å². The van der Waals surface area contributed by atoms with Crippen LogP contribution in [0.5, 0.6) is 0 Å². The molecule has 0 radical (unpaired) electrons. The van der Waals surface area contributed by atoms with Crippen molar-refractivity contribution in [1.82, 2.24) is 16.0 Å². The number of piperazine rings is 1. The van der Waals surface area contributed by atoms with Gasteiger partial charge in [0.05, 0.1) is 19.3 Å². The minimum Gasteiger partial charge on any atom is -0.382 e. The summed E-state index contributed by atoms with van der Waals surface area (Å²) in [6.07, 6.45) is -0.165. The summed E-state index contributed by atoms with van der Waals surface area (Å²) in [6, 6.07) is -0.382. The average molecular weight is 245 g/mol. The average Bonchev–Trinajstić information content (AvgIpc) is 2.35. The van der Waals surface area contributed by atoms with Gasteiger partial charge in [0, 0.05) is 27.3 Å². The van der Waals surface area contributed by atoms with E-state index in [-0.39, 0.29) is 30.5 Å². The van der Waals surface area contributed by atoms with Crippen molar-refractivity contribution in [2.24, 2.45) is 0 Å². The molecule has 7 heteroatoms. The van der Waals surface area contributed by atoms with Gasteiger partial charge in [-0.3, -0.25) is 14.9 Å². The van der Waals surface area contributed by atoms with Crippen LogP contribution in [0.4, 0.5) is 0 Å². The van der Waals surface area contributed by atoms with E-state index < -0.39 is 0 Å². The molecule has 1 aliphatic rings. The van der Waals surface area contributed by atoms with Gasteiger partial charge in [0.1, 0.15) is 6.04 Å². The molecule has 1 saturated heterocycles. The van der Waals surface area contributed by atoms with Gasteiger partial charge in [0.15, 0.2) is 0 Å². The van der Waals surface area contributed by atoms with Gasteiger partial charge in [-0.05, 0) is 0 Å². The van der Waals surface area contributed by atoms with Crippen molar-refractivity contribution in [3.63, 3.8) is 0 Å². The van der Waals surface area contributed by atoms with Gasteiger partial charge in [-0.1, -0.05) is 0 Å². The Hall–Kier alpha value is -1.18. The van der Waals surface area contributed by atoms with Gasteiger partial charge in [-0.25, -0.2) is 0 Å². The lowest BCUT2D eigenvalue weighted by molar-refractivity contribution is -0.127. The Labute approximate surface area is 100 Å². The number of hydrogen-bond donors (Lipinski definition) is 3. The van der Waals surface area contributed by atoms with Crippen molar-refractivity contribution < 1.29 is 19.1 Å². The Morgan fingerprint density at radius 3 is 2.88 bits per heavy atom. The summed E-state index contributed by atoms with van der Waals surface area (Å²) >= 11 is 0. The van der Waals surface area contributed by atoms with E-state index in [1.54, 1.807) is 14.2 Å². The van der Waals surface area contributed by atoms with Crippen LogP contribution in [0, 0.1) is 0 Å². The van der Waals surface area contributed by atoms with Crippen molar-refractivity contribution >= 4 is 11.8 Å². The molecule has 0 bridgehead atoms. The molecule has 1 heterocycles. The molecule has 1 rings (SSSR count). The topological polar surface area (TPSA) is 88.7 Å². The van der Waals surface area contributed by atoms with Crippen LogP contribution in [0.3, 0.4) is 0 Å². The minimum absolute atomic E-state index is 0.0943. The van der Waals surface area contributed by atoms with Gasteiger partial charge in [-0.2, -0.15) is 0 Å². The van der Waals surface area contributed by atoms with Crippen molar-refractivity contribution in [3.05, 3.63) is 0 Å². The van der Waals surface area contributed by atoms with E-state index in [0.717, 1.165) is 0 Å². The van der Waals surface area contributed by atoms with Crippen LogP contribution < -0.4 is 16.0 Å². The Morgan fingerprint density at radius 2 is 2.35 bits per heavy atom. The van der Waals surface area contributed by atoms with Crippen LogP contribution in [0.2, 0.25) is 0 Å². The van der Waals surface area contributed by atoms with E-state index in [1.807, 2.05) is 0 Å². The van der Waals surface area contributed by atoms with E-state index in [1.165, 1.54) is 0 Å². The molecule has 98 valence electrons. The fraction of sp³-hybridized carbons (Fsp3) is 0.800. The Kier molecular flexibility index (Phi) is 5.88. The molecule has 17 heavy (non-hydrogen) atoms. The number of ether oxygens (including phenoxy) is 2. The number of carbonyl (C=O) groups is 2. The van der Waals surface area contributed by atoms with E-state index in [4.69, 9.17) is 9.47 Å². The molecule has 0 spiro atoms. The van der Waals surface area contributed by atoms with Gasteiger partial charge >= 0.3 is 0 Å². The van der Waals surface area contributed by atoms with Crippen LogP contribution in [-0.2, 0) is 19.1 Å². The Balaban J connectivity index is 2.26. The Bertz CT molecular complexity index is 262. The molecule has 0 aliphatic carbocycles. The second-order valence-electron chi connectivity index (χ2n) is 3.80. The zero-order valence-corrected chi connectivity index (χ0v) is 10.1. The molecule has 0 saturated carbocycles. The first-order chi connectivity index (χ1) is 8.17. The third kappa shape index (κ3) is 4.68. The highest BCUT2D eigenvalue weighted by molar-refractivity contribution is 5.86. The van der Waals surface area contributed by atoms with Crippen LogP contribution in [-0.4, -0.2) is 64.4 Å². The largest absolute Gasteiger partial charge is 0.382 e. The molecule has 1 fully saturated rings. The van der Waals surface area contributed by atoms with Crippen LogP contribution in [0.15, 0.2) is 0 Å². The molecule has 2 amide bonds. The van der Waals surface area contributed by atoms with Crippen molar-refractivity contribution in [2.45, 2.75) is 12.1 Å². The number of rotatable bonds is 6. The molecule has 2 unspecified atom stereocenters. The second kappa shape index (κ2) is 7.21. The molecule has 7 nitrogen and oxygen atoms in total. The number of nitrogens with one attached hydrogen (secondary N) is 3. The molecule has 3 N–H and O–H groups in total. The summed E-state index contributed by atoms with van der Waals surface area (Å²) in [4.78, 5) is 22.6. The first kappa shape index (κ1) is 13.9. The van der Waals surface area contributed by atoms with E-state index in [9.17, 15) is 9.59 Å². The summed E-state index contributed by atoms with van der Waals surface area (Å²) in [6.45, 7) is 1.29. The van der Waals surface area contributed by atoms with E-state index in [2.05, 4.69) is 16.0 Å². The highest BCUT2D eigenvalue weighted by atomic mass is 16.5. The van der Waals surface area contributed by atoms with Gasteiger partial charge in [0.25, 0.3) is 0 Å². The van der Waals surface area contributed by atoms with Crippen molar-refractivity contribution in [2.75, 3.05) is 40.5 Å². The second-order valence-corrected chi connectivity index (χ2v) is 3.80. The molecule has 1 aliphatic heterocycles. The lowest BCUT2D eigenvalue weighted by Gasteiger charge is -2.24. The normalized spacial score (nSPS) is 21.8. The highest BCUT2D eigenvalue weighted by Crippen LogP contribution is 1.92. The maximum atomic E-state index is 11.7. The molecule has 0 aromatic carbocycles. The third-order valence-electron chi connectivity index (χ3n) is 2.52. The smallest absolute Gasteiger partial charge is 0.239 e.